The van der Waals surface area contributed by atoms with Crippen LogP contribution in [0.4, 0.5) is 5.69 Å². The molecular weight excluding hydrogens is 338 g/mol. The van der Waals surface area contributed by atoms with Crippen LogP contribution in [-0.4, -0.2) is 30.0 Å². The maximum Gasteiger partial charge on any atom is 0.275 e. The predicted molar refractivity (Wildman–Crippen MR) is 88.6 cm³/mol. The van der Waals surface area contributed by atoms with Crippen molar-refractivity contribution in [3.63, 3.8) is 0 Å². The molecule has 0 unspecified atom stereocenters. The lowest BCUT2D eigenvalue weighted by molar-refractivity contribution is 0.102. The van der Waals surface area contributed by atoms with Crippen molar-refractivity contribution in [1.82, 2.24) is 9.97 Å². The van der Waals surface area contributed by atoms with Crippen LogP contribution in [0, 0.1) is 13.8 Å². The molecule has 1 amide bonds. The SMILES string of the molecule is CCS(=O)(=O)c1ncc(Cl)c(C(=O)Nc2cc(C)ccc2C)n1. The van der Waals surface area contributed by atoms with E-state index >= 15 is 0 Å². The molecule has 0 fully saturated rings. The number of carbonyl (C=O) groups is 1. The third kappa shape index (κ3) is 3.86. The average molecular weight is 354 g/mol. The lowest BCUT2D eigenvalue weighted by Gasteiger charge is -2.10. The number of hydrogen-bond acceptors (Lipinski definition) is 5. The molecule has 0 bridgehead atoms. The Balaban J connectivity index is 2.39. The molecule has 0 aliphatic carbocycles. The fraction of sp³-hybridized carbons (Fsp3) is 0.267. The zero-order chi connectivity index (χ0) is 17.2. The van der Waals surface area contributed by atoms with Crippen molar-refractivity contribution in [2.75, 3.05) is 11.1 Å². The Morgan fingerprint density at radius 1 is 1.30 bits per heavy atom. The first-order valence-electron chi connectivity index (χ1n) is 6.88. The van der Waals surface area contributed by atoms with E-state index in [0.717, 1.165) is 17.3 Å². The van der Waals surface area contributed by atoms with Crippen LogP contribution < -0.4 is 5.32 Å². The molecule has 0 radical (unpaired) electrons. The van der Waals surface area contributed by atoms with Crippen LogP contribution in [0.5, 0.6) is 0 Å². The van der Waals surface area contributed by atoms with Crippen LogP contribution in [0.2, 0.25) is 5.02 Å². The van der Waals surface area contributed by atoms with E-state index in [4.69, 9.17) is 11.6 Å². The van der Waals surface area contributed by atoms with Gasteiger partial charge in [0.15, 0.2) is 5.69 Å². The Kier molecular flexibility index (Phi) is 5.01. The maximum atomic E-state index is 12.4. The molecule has 23 heavy (non-hydrogen) atoms. The molecule has 1 aromatic heterocycles. The van der Waals surface area contributed by atoms with Crippen LogP contribution >= 0.6 is 11.6 Å². The number of sulfone groups is 1. The van der Waals surface area contributed by atoms with Gasteiger partial charge >= 0.3 is 0 Å². The number of nitrogens with zero attached hydrogens (tertiary/aromatic N) is 2. The van der Waals surface area contributed by atoms with E-state index < -0.39 is 20.9 Å². The summed E-state index contributed by atoms with van der Waals surface area (Å²) in [4.78, 5) is 19.9. The second kappa shape index (κ2) is 6.64. The van der Waals surface area contributed by atoms with Crippen LogP contribution in [-0.2, 0) is 9.84 Å². The van der Waals surface area contributed by atoms with Gasteiger partial charge in [-0.2, -0.15) is 0 Å². The largest absolute Gasteiger partial charge is 0.320 e. The molecule has 0 saturated carbocycles. The summed E-state index contributed by atoms with van der Waals surface area (Å²) in [5.74, 6) is -0.745. The van der Waals surface area contributed by atoms with Gasteiger partial charge in [-0.3, -0.25) is 4.79 Å². The van der Waals surface area contributed by atoms with Crippen molar-refractivity contribution < 1.29 is 13.2 Å². The van der Waals surface area contributed by atoms with Gasteiger partial charge in [0, 0.05) is 5.69 Å². The van der Waals surface area contributed by atoms with Gasteiger partial charge in [0.05, 0.1) is 17.0 Å². The predicted octanol–water partition coefficient (Wildman–Crippen LogP) is 2.79. The van der Waals surface area contributed by atoms with Crippen LogP contribution in [0.1, 0.15) is 28.5 Å². The molecule has 2 aromatic rings. The fourth-order valence-electron chi connectivity index (χ4n) is 1.84. The number of amides is 1. The van der Waals surface area contributed by atoms with Crippen LogP contribution in [0.15, 0.2) is 29.6 Å². The van der Waals surface area contributed by atoms with Crippen molar-refractivity contribution in [2.45, 2.75) is 25.9 Å². The highest BCUT2D eigenvalue weighted by molar-refractivity contribution is 7.91. The van der Waals surface area contributed by atoms with Gasteiger partial charge in [0.1, 0.15) is 0 Å². The maximum absolute atomic E-state index is 12.4. The molecule has 6 nitrogen and oxygen atoms in total. The lowest BCUT2D eigenvalue weighted by atomic mass is 10.1. The average Bonchev–Trinajstić information content (AvgIpc) is 2.51. The van der Waals surface area contributed by atoms with E-state index in [1.165, 1.54) is 6.92 Å². The number of rotatable bonds is 4. The Hall–Kier alpha value is -1.99. The van der Waals surface area contributed by atoms with E-state index in [2.05, 4.69) is 15.3 Å². The second-order valence-electron chi connectivity index (χ2n) is 5.03. The van der Waals surface area contributed by atoms with Gasteiger partial charge in [0.25, 0.3) is 5.91 Å². The molecule has 8 heteroatoms. The molecule has 0 aliphatic rings. The van der Waals surface area contributed by atoms with Gasteiger partial charge in [-0.25, -0.2) is 18.4 Å². The Morgan fingerprint density at radius 2 is 2.00 bits per heavy atom. The summed E-state index contributed by atoms with van der Waals surface area (Å²) >= 11 is 5.94. The van der Waals surface area contributed by atoms with Crippen molar-refractivity contribution in [2.24, 2.45) is 0 Å². The van der Waals surface area contributed by atoms with E-state index in [-0.39, 0.29) is 16.5 Å². The van der Waals surface area contributed by atoms with Gasteiger partial charge in [-0.1, -0.05) is 30.7 Å². The normalized spacial score (nSPS) is 11.3. The number of nitrogens with one attached hydrogen (secondary N) is 1. The standard InChI is InChI=1S/C15H16ClN3O3S/c1-4-23(21,22)15-17-8-11(16)13(19-15)14(20)18-12-7-9(2)5-6-10(12)3/h5-8H,4H2,1-3H3,(H,18,20). The Labute approximate surface area is 139 Å². The Bertz CT molecular complexity index is 866. The smallest absolute Gasteiger partial charge is 0.275 e. The third-order valence-electron chi connectivity index (χ3n) is 3.24. The summed E-state index contributed by atoms with van der Waals surface area (Å²) in [6.45, 7) is 5.23. The van der Waals surface area contributed by atoms with Gasteiger partial charge < -0.3 is 5.32 Å². The summed E-state index contributed by atoms with van der Waals surface area (Å²) in [5, 5.41) is 2.28. The second-order valence-corrected chi connectivity index (χ2v) is 7.60. The zero-order valence-electron chi connectivity index (χ0n) is 12.9. The molecule has 0 spiro atoms. The molecule has 0 atom stereocenters. The van der Waals surface area contributed by atoms with Crippen molar-refractivity contribution in [1.29, 1.82) is 0 Å². The van der Waals surface area contributed by atoms with Crippen molar-refractivity contribution >= 4 is 33.0 Å². The molecule has 1 heterocycles. The number of hydrogen-bond donors (Lipinski definition) is 1. The molecule has 0 saturated heterocycles. The molecule has 0 aliphatic heterocycles. The Morgan fingerprint density at radius 3 is 2.65 bits per heavy atom. The van der Waals surface area contributed by atoms with Gasteiger partial charge in [-0.05, 0) is 31.0 Å². The highest BCUT2D eigenvalue weighted by Crippen LogP contribution is 2.20. The summed E-state index contributed by atoms with van der Waals surface area (Å²) < 4.78 is 23.7. The molecule has 1 N–H and O–H groups in total. The number of anilines is 1. The first-order chi connectivity index (χ1) is 10.7. The van der Waals surface area contributed by atoms with E-state index in [9.17, 15) is 13.2 Å². The number of aromatic nitrogens is 2. The van der Waals surface area contributed by atoms with Gasteiger partial charge in [-0.15, -0.1) is 0 Å². The highest BCUT2D eigenvalue weighted by atomic mass is 35.5. The molecule has 2 rings (SSSR count). The topological polar surface area (TPSA) is 89.0 Å². The summed E-state index contributed by atoms with van der Waals surface area (Å²) in [7, 11) is -3.62. The summed E-state index contributed by atoms with van der Waals surface area (Å²) in [6.07, 6.45) is 1.12. The van der Waals surface area contributed by atoms with E-state index in [0.29, 0.717) is 5.69 Å². The molecule has 122 valence electrons. The number of benzene rings is 1. The minimum absolute atomic E-state index is 0.0112. The van der Waals surface area contributed by atoms with Gasteiger partial charge in [0.2, 0.25) is 15.0 Å². The number of aryl methyl sites for hydroxylation is 2. The highest BCUT2D eigenvalue weighted by Gasteiger charge is 2.21. The van der Waals surface area contributed by atoms with Crippen molar-refractivity contribution in [3.8, 4) is 0 Å². The monoisotopic (exact) mass is 353 g/mol. The minimum atomic E-state index is -3.62. The lowest BCUT2D eigenvalue weighted by Crippen LogP contribution is -2.18. The molecule has 1 aromatic carbocycles. The van der Waals surface area contributed by atoms with Crippen molar-refractivity contribution in [3.05, 3.63) is 46.2 Å². The van der Waals surface area contributed by atoms with Crippen LogP contribution in [0.25, 0.3) is 0 Å². The fourth-order valence-corrected chi connectivity index (χ4v) is 2.72. The quantitative estimate of drug-likeness (QED) is 0.854. The summed E-state index contributed by atoms with van der Waals surface area (Å²) in [5.41, 5.74) is 2.30. The minimum Gasteiger partial charge on any atom is -0.320 e. The number of carbonyl (C=O) groups excluding carboxylic acids is 1. The van der Waals surface area contributed by atoms with Crippen LogP contribution in [0.3, 0.4) is 0 Å². The number of halogens is 1. The first kappa shape index (κ1) is 17.4. The molecular formula is C15H16ClN3O3S. The van der Waals surface area contributed by atoms with E-state index in [1.54, 1.807) is 0 Å². The first-order valence-corrected chi connectivity index (χ1v) is 8.91. The summed E-state index contributed by atoms with van der Waals surface area (Å²) in [6, 6.07) is 5.61. The zero-order valence-corrected chi connectivity index (χ0v) is 14.5. The van der Waals surface area contributed by atoms with E-state index in [1.807, 2.05) is 32.0 Å². The third-order valence-corrected chi connectivity index (χ3v) is 5.03.